The third-order valence-electron chi connectivity index (χ3n) is 17.1. The number of ether oxygens (including phenoxy) is 3. The van der Waals surface area contributed by atoms with Gasteiger partial charge in [0.1, 0.15) is 13.2 Å². The molecule has 6 nitrogen and oxygen atoms in total. The van der Waals surface area contributed by atoms with Gasteiger partial charge in [0, 0.05) is 19.3 Å². The molecule has 0 bridgehead atoms. The Labute approximate surface area is 518 Å². The largest absolute Gasteiger partial charge is 0.462 e. The number of hydrogen-bond acceptors (Lipinski definition) is 6. The monoisotopic (exact) mass is 1170 g/mol. The lowest BCUT2D eigenvalue weighted by Gasteiger charge is -2.18. The minimum atomic E-state index is -0.771. The maximum absolute atomic E-state index is 13.0. The normalized spacial score (nSPS) is 12.2. The second-order valence-electron chi connectivity index (χ2n) is 25.6. The molecule has 0 aliphatic carbocycles. The van der Waals surface area contributed by atoms with Crippen molar-refractivity contribution in [3.63, 3.8) is 0 Å². The molecule has 0 aliphatic rings. The Hall–Kier alpha value is -2.37. The lowest BCUT2D eigenvalue weighted by Crippen LogP contribution is -2.30. The van der Waals surface area contributed by atoms with Gasteiger partial charge in [0.15, 0.2) is 6.10 Å². The van der Waals surface area contributed by atoms with Crippen LogP contribution in [0.15, 0.2) is 36.5 Å². The minimum absolute atomic E-state index is 0.0661. The molecule has 0 rings (SSSR count). The molecule has 0 amide bonds. The maximum atomic E-state index is 13.0. The predicted molar refractivity (Wildman–Crippen MR) is 362 cm³/mol. The average Bonchev–Trinajstić information content (AvgIpc) is 3.49. The molecular weight excluding hydrogens is 1020 g/mol. The topological polar surface area (TPSA) is 78.9 Å². The molecule has 0 aliphatic heterocycles. The SMILES string of the molecule is CCCCCCC/C=C\C/C=C\CCCCCCCCCCCCCCCCCC(=O)OCC(COC(=O)CCCCCCCCCCCCCCCCC)OC(=O)CCCCCCCCCCCCC/C=C\CCCCCCCCCC. The van der Waals surface area contributed by atoms with Crippen LogP contribution in [0.2, 0.25) is 0 Å². The number of allylic oxidation sites excluding steroid dienone is 6. The Bertz CT molecular complexity index is 1380. The summed E-state index contributed by atoms with van der Waals surface area (Å²) in [4.78, 5) is 38.5. The zero-order chi connectivity index (χ0) is 59.9. The summed E-state index contributed by atoms with van der Waals surface area (Å²) >= 11 is 0. The molecule has 1 unspecified atom stereocenters. The zero-order valence-corrected chi connectivity index (χ0v) is 56.2. The highest BCUT2D eigenvalue weighted by atomic mass is 16.6. The van der Waals surface area contributed by atoms with Gasteiger partial charge in [-0.25, -0.2) is 0 Å². The van der Waals surface area contributed by atoms with Crippen molar-refractivity contribution in [1.29, 1.82) is 0 Å². The van der Waals surface area contributed by atoms with Gasteiger partial charge in [-0.3, -0.25) is 14.4 Å². The van der Waals surface area contributed by atoms with Crippen molar-refractivity contribution >= 4 is 17.9 Å². The van der Waals surface area contributed by atoms with Gasteiger partial charge in [0.2, 0.25) is 0 Å². The van der Waals surface area contributed by atoms with Crippen LogP contribution in [0.1, 0.15) is 419 Å². The van der Waals surface area contributed by atoms with Gasteiger partial charge in [-0.05, 0) is 77.0 Å². The van der Waals surface area contributed by atoms with Gasteiger partial charge in [-0.2, -0.15) is 0 Å². The van der Waals surface area contributed by atoms with Crippen LogP contribution >= 0.6 is 0 Å². The summed E-state index contributed by atoms with van der Waals surface area (Å²) in [5.41, 5.74) is 0. The molecule has 488 valence electrons. The zero-order valence-electron chi connectivity index (χ0n) is 56.2. The molecule has 0 saturated heterocycles. The molecule has 0 N–H and O–H groups in total. The highest BCUT2D eigenvalue weighted by molar-refractivity contribution is 5.71. The fourth-order valence-corrected chi connectivity index (χ4v) is 11.5. The molecule has 0 fully saturated rings. The third kappa shape index (κ3) is 70.3. The van der Waals surface area contributed by atoms with E-state index in [1.807, 2.05) is 0 Å². The quantitative estimate of drug-likeness (QED) is 0.0261. The number of hydrogen-bond donors (Lipinski definition) is 0. The standard InChI is InChI=1S/C77H144O6/c1-4-7-10-13-16-19-22-25-28-30-32-34-36-37-38-39-41-42-44-46-49-52-55-58-61-64-67-70-76(79)82-73-74(72-81-75(78)69-66-63-60-57-54-51-48-27-24-21-18-15-12-9-6-3)83-77(80)71-68-65-62-59-56-53-50-47-45-43-40-35-33-31-29-26-23-20-17-14-11-8-5-2/h22,25,30-33,74H,4-21,23-24,26-29,34-73H2,1-3H3/b25-22-,32-30-,33-31-. The summed E-state index contributed by atoms with van der Waals surface area (Å²) in [6.07, 6.45) is 90.4. The minimum Gasteiger partial charge on any atom is -0.462 e. The van der Waals surface area contributed by atoms with E-state index in [-0.39, 0.29) is 31.1 Å². The number of unbranched alkanes of at least 4 members (excludes halogenated alkanes) is 53. The highest BCUT2D eigenvalue weighted by Crippen LogP contribution is 2.19. The second-order valence-corrected chi connectivity index (χ2v) is 25.6. The fourth-order valence-electron chi connectivity index (χ4n) is 11.5. The average molecular weight is 1170 g/mol. The van der Waals surface area contributed by atoms with E-state index < -0.39 is 6.10 Å². The van der Waals surface area contributed by atoms with Crippen LogP contribution in [-0.2, 0) is 28.6 Å². The van der Waals surface area contributed by atoms with E-state index in [1.165, 1.54) is 315 Å². The van der Waals surface area contributed by atoms with Crippen LogP contribution < -0.4 is 0 Å². The van der Waals surface area contributed by atoms with Crippen LogP contribution in [0.25, 0.3) is 0 Å². The number of carbonyl (C=O) groups excluding carboxylic acids is 3. The Morgan fingerprint density at radius 3 is 0.675 bits per heavy atom. The molecule has 0 aromatic rings. The molecular formula is C77H144O6. The van der Waals surface area contributed by atoms with Gasteiger partial charge < -0.3 is 14.2 Å². The van der Waals surface area contributed by atoms with Crippen molar-refractivity contribution in [3.05, 3.63) is 36.5 Å². The van der Waals surface area contributed by atoms with Crippen LogP contribution in [0.3, 0.4) is 0 Å². The molecule has 0 spiro atoms. The van der Waals surface area contributed by atoms with Crippen LogP contribution in [0.5, 0.6) is 0 Å². The summed E-state index contributed by atoms with van der Waals surface area (Å²) in [5, 5.41) is 0. The molecule has 6 heteroatoms. The van der Waals surface area contributed by atoms with Gasteiger partial charge in [-0.15, -0.1) is 0 Å². The molecule has 0 aromatic heterocycles. The summed E-state index contributed by atoms with van der Waals surface area (Å²) in [5.74, 6) is -0.833. The molecule has 83 heavy (non-hydrogen) atoms. The van der Waals surface area contributed by atoms with Gasteiger partial charge in [0.25, 0.3) is 0 Å². The van der Waals surface area contributed by atoms with Crippen molar-refractivity contribution in [2.24, 2.45) is 0 Å². The van der Waals surface area contributed by atoms with Gasteiger partial charge in [-0.1, -0.05) is 359 Å². The van der Waals surface area contributed by atoms with Gasteiger partial charge >= 0.3 is 17.9 Å². The molecule has 0 aromatic carbocycles. The molecule has 0 saturated carbocycles. The highest BCUT2D eigenvalue weighted by Gasteiger charge is 2.20. The second kappa shape index (κ2) is 72.1. The summed E-state index contributed by atoms with van der Waals surface area (Å²) < 4.78 is 17.0. The maximum Gasteiger partial charge on any atom is 0.306 e. The van der Waals surface area contributed by atoms with Crippen LogP contribution in [0, 0.1) is 0 Å². The van der Waals surface area contributed by atoms with E-state index in [4.69, 9.17) is 14.2 Å². The van der Waals surface area contributed by atoms with Gasteiger partial charge in [0.05, 0.1) is 0 Å². The smallest absolute Gasteiger partial charge is 0.306 e. The van der Waals surface area contributed by atoms with E-state index in [2.05, 4.69) is 57.2 Å². The Morgan fingerprint density at radius 1 is 0.241 bits per heavy atom. The first-order valence-corrected chi connectivity index (χ1v) is 37.5. The molecule has 1 atom stereocenters. The fraction of sp³-hybridized carbons (Fsp3) is 0.883. The number of rotatable bonds is 70. The van der Waals surface area contributed by atoms with Crippen LogP contribution in [-0.4, -0.2) is 37.2 Å². The molecule has 0 heterocycles. The van der Waals surface area contributed by atoms with Crippen molar-refractivity contribution in [3.8, 4) is 0 Å². The van der Waals surface area contributed by atoms with Crippen molar-refractivity contribution in [2.45, 2.75) is 425 Å². The Balaban J connectivity index is 4.24. The van der Waals surface area contributed by atoms with E-state index in [0.29, 0.717) is 19.3 Å². The Morgan fingerprint density at radius 2 is 0.434 bits per heavy atom. The first-order valence-electron chi connectivity index (χ1n) is 37.5. The van der Waals surface area contributed by atoms with E-state index in [1.54, 1.807) is 0 Å². The number of carbonyl (C=O) groups is 3. The van der Waals surface area contributed by atoms with Crippen molar-refractivity contribution in [1.82, 2.24) is 0 Å². The summed E-state index contributed by atoms with van der Waals surface area (Å²) in [6.45, 7) is 6.71. The van der Waals surface area contributed by atoms with E-state index >= 15 is 0 Å². The van der Waals surface area contributed by atoms with E-state index in [0.717, 1.165) is 64.2 Å². The third-order valence-corrected chi connectivity index (χ3v) is 17.1. The van der Waals surface area contributed by atoms with E-state index in [9.17, 15) is 14.4 Å². The van der Waals surface area contributed by atoms with Crippen LogP contribution in [0.4, 0.5) is 0 Å². The van der Waals surface area contributed by atoms with Crippen molar-refractivity contribution < 1.29 is 28.6 Å². The Kier molecular flexibility index (Phi) is 70.0. The first kappa shape index (κ1) is 80.6. The summed E-state index contributed by atoms with van der Waals surface area (Å²) in [7, 11) is 0. The lowest BCUT2D eigenvalue weighted by molar-refractivity contribution is -0.167. The molecule has 0 radical (unpaired) electrons. The predicted octanol–water partition coefficient (Wildman–Crippen LogP) is 25.9. The van der Waals surface area contributed by atoms with Crippen molar-refractivity contribution in [2.75, 3.05) is 13.2 Å². The first-order chi connectivity index (χ1) is 41.0. The number of esters is 3. The lowest BCUT2D eigenvalue weighted by atomic mass is 10.0. The summed E-state index contributed by atoms with van der Waals surface area (Å²) in [6, 6.07) is 0.